The number of aromatic nitrogens is 1. The summed E-state index contributed by atoms with van der Waals surface area (Å²) < 4.78 is 5.39. The van der Waals surface area contributed by atoms with Crippen LogP contribution in [0.3, 0.4) is 0 Å². The molecule has 1 aliphatic heterocycles. The molecule has 0 aliphatic carbocycles. The summed E-state index contributed by atoms with van der Waals surface area (Å²) in [4.78, 5) is 4.28. The molecule has 90 valence electrons. The maximum Gasteiger partial charge on any atom is 0.0937 e. The Hall–Kier alpha value is -0.450. The highest BCUT2D eigenvalue weighted by molar-refractivity contribution is 7.09. The third-order valence-electron chi connectivity index (χ3n) is 3.25. The van der Waals surface area contributed by atoms with Gasteiger partial charge in [0.15, 0.2) is 0 Å². The number of hydrogen-bond donors (Lipinski definition) is 1. The van der Waals surface area contributed by atoms with E-state index >= 15 is 0 Å². The van der Waals surface area contributed by atoms with E-state index in [4.69, 9.17) is 4.74 Å². The lowest BCUT2D eigenvalue weighted by Crippen LogP contribution is -2.37. The van der Waals surface area contributed by atoms with E-state index in [0.29, 0.717) is 5.41 Å². The van der Waals surface area contributed by atoms with Gasteiger partial charge >= 0.3 is 0 Å². The quantitative estimate of drug-likeness (QED) is 0.800. The lowest BCUT2D eigenvalue weighted by molar-refractivity contribution is 0.0242. The molecule has 1 fully saturated rings. The third kappa shape index (κ3) is 3.54. The van der Waals surface area contributed by atoms with Crippen molar-refractivity contribution in [3.63, 3.8) is 0 Å². The fourth-order valence-corrected chi connectivity index (χ4v) is 2.62. The number of hydrogen-bond acceptors (Lipinski definition) is 4. The van der Waals surface area contributed by atoms with Crippen LogP contribution in [0.15, 0.2) is 11.6 Å². The SMILES string of the molecule is CC1(CNCCc2nccs2)CCOCC1. The molecule has 1 saturated heterocycles. The first kappa shape index (κ1) is 12.0. The van der Waals surface area contributed by atoms with E-state index in [1.54, 1.807) is 11.3 Å². The van der Waals surface area contributed by atoms with Crippen molar-refractivity contribution < 1.29 is 4.74 Å². The number of ether oxygens (including phenoxy) is 1. The van der Waals surface area contributed by atoms with Crippen molar-refractivity contribution in [2.24, 2.45) is 5.41 Å². The number of rotatable bonds is 5. The van der Waals surface area contributed by atoms with Crippen LogP contribution in [0, 0.1) is 5.41 Å². The Kier molecular flexibility index (Phi) is 4.32. The third-order valence-corrected chi connectivity index (χ3v) is 4.09. The minimum absolute atomic E-state index is 0.432. The predicted octanol–water partition coefficient (Wildman–Crippen LogP) is 2.09. The molecule has 0 atom stereocenters. The first-order chi connectivity index (χ1) is 7.79. The molecule has 3 nitrogen and oxygen atoms in total. The van der Waals surface area contributed by atoms with E-state index in [2.05, 4.69) is 17.2 Å². The standard InChI is InChI=1S/C12H20N2OS/c1-12(3-7-15-8-4-12)10-13-5-2-11-14-6-9-16-11/h6,9,13H,2-5,7-8,10H2,1H3. The van der Waals surface area contributed by atoms with Gasteiger partial charge in [0.1, 0.15) is 0 Å². The monoisotopic (exact) mass is 240 g/mol. The molecule has 2 heterocycles. The number of thiazole rings is 1. The molecule has 1 aromatic heterocycles. The van der Waals surface area contributed by atoms with Crippen molar-refractivity contribution in [3.8, 4) is 0 Å². The highest BCUT2D eigenvalue weighted by Crippen LogP contribution is 2.28. The van der Waals surface area contributed by atoms with Crippen molar-refractivity contribution >= 4 is 11.3 Å². The molecular weight excluding hydrogens is 220 g/mol. The molecule has 0 spiro atoms. The van der Waals surface area contributed by atoms with Crippen LogP contribution in [-0.2, 0) is 11.2 Å². The van der Waals surface area contributed by atoms with Gasteiger partial charge in [-0.25, -0.2) is 4.98 Å². The van der Waals surface area contributed by atoms with Gasteiger partial charge in [-0.3, -0.25) is 0 Å². The highest BCUT2D eigenvalue weighted by Gasteiger charge is 2.26. The van der Waals surface area contributed by atoms with Gasteiger partial charge in [-0.2, -0.15) is 0 Å². The van der Waals surface area contributed by atoms with Gasteiger partial charge in [0.05, 0.1) is 5.01 Å². The van der Waals surface area contributed by atoms with E-state index in [9.17, 15) is 0 Å². The van der Waals surface area contributed by atoms with Crippen LogP contribution in [0.1, 0.15) is 24.8 Å². The molecule has 4 heteroatoms. The van der Waals surface area contributed by atoms with Crippen LogP contribution in [0.4, 0.5) is 0 Å². The average molecular weight is 240 g/mol. The molecule has 0 amide bonds. The summed E-state index contributed by atoms with van der Waals surface area (Å²) in [5, 5.41) is 6.81. The van der Waals surface area contributed by atoms with E-state index in [0.717, 1.165) is 32.7 Å². The smallest absolute Gasteiger partial charge is 0.0937 e. The van der Waals surface area contributed by atoms with Gasteiger partial charge in [-0.05, 0) is 18.3 Å². The molecular formula is C12H20N2OS. The summed E-state index contributed by atoms with van der Waals surface area (Å²) >= 11 is 1.74. The molecule has 1 N–H and O–H groups in total. The van der Waals surface area contributed by atoms with Crippen molar-refractivity contribution in [1.82, 2.24) is 10.3 Å². The van der Waals surface area contributed by atoms with Crippen molar-refractivity contribution in [2.45, 2.75) is 26.2 Å². The molecule has 0 saturated carbocycles. The van der Waals surface area contributed by atoms with Crippen LogP contribution < -0.4 is 5.32 Å². The van der Waals surface area contributed by atoms with E-state index in [1.807, 2.05) is 11.6 Å². The molecule has 0 radical (unpaired) electrons. The Morgan fingerprint density at radius 3 is 3.00 bits per heavy atom. The average Bonchev–Trinajstić information content (AvgIpc) is 2.78. The highest BCUT2D eigenvalue weighted by atomic mass is 32.1. The Bertz CT molecular complexity index is 294. The first-order valence-electron chi connectivity index (χ1n) is 5.95. The van der Waals surface area contributed by atoms with Crippen LogP contribution in [0.25, 0.3) is 0 Å². The molecule has 0 unspecified atom stereocenters. The van der Waals surface area contributed by atoms with Gasteiger partial charge in [-0.15, -0.1) is 11.3 Å². The summed E-state index contributed by atoms with van der Waals surface area (Å²) in [6.07, 6.45) is 5.28. The minimum Gasteiger partial charge on any atom is -0.381 e. The lowest BCUT2D eigenvalue weighted by Gasteiger charge is -2.33. The number of nitrogens with one attached hydrogen (secondary N) is 1. The fourth-order valence-electron chi connectivity index (χ4n) is 2.00. The fraction of sp³-hybridized carbons (Fsp3) is 0.750. The zero-order valence-electron chi connectivity index (χ0n) is 9.87. The molecule has 1 aliphatic rings. The van der Waals surface area contributed by atoms with Gasteiger partial charge < -0.3 is 10.1 Å². The van der Waals surface area contributed by atoms with Crippen LogP contribution in [0.5, 0.6) is 0 Å². The number of nitrogens with zero attached hydrogens (tertiary/aromatic N) is 1. The summed E-state index contributed by atoms with van der Waals surface area (Å²) in [7, 11) is 0. The van der Waals surface area contributed by atoms with Crippen molar-refractivity contribution in [2.75, 3.05) is 26.3 Å². The topological polar surface area (TPSA) is 34.2 Å². The van der Waals surface area contributed by atoms with Crippen LogP contribution in [0.2, 0.25) is 0 Å². The second-order valence-electron chi connectivity index (χ2n) is 4.78. The zero-order valence-corrected chi connectivity index (χ0v) is 10.7. The van der Waals surface area contributed by atoms with E-state index < -0.39 is 0 Å². The summed E-state index contributed by atoms with van der Waals surface area (Å²) in [5.74, 6) is 0. The Morgan fingerprint density at radius 2 is 2.31 bits per heavy atom. The van der Waals surface area contributed by atoms with Crippen LogP contribution in [-0.4, -0.2) is 31.3 Å². The largest absolute Gasteiger partial charge is 0.381 e. The summed E-state index contributed by atoms with van der Waals surface area (Å²) in [6.45, 7) is 6.33. The van der Waals surface area contributed by atoms with Gasteiger partial charge in [0, 0.05) is 44.3 Å². The van der Waals surface area contributed by atoms with Crippen molar-refractivity contribution in [3.05, 3.63) is 16.6 Å². The van der Waals surface area contributed by atoms with Gasteiger partial charge in [-0.1, -0.05) is 6.92 Å². The zero-order chi connectivity index (χ0) is 11.3. The molecule has 16 heavy (non-hydrogen) atoms. The Labute approximate surface area is 101 Å². The molecule has 1 aromatic rings. The van der Waals surface area contributed by atoms with Crippen LogP contribution >= 0.6 is 11.3 Å². The normalized spacial score (nSPS) is 19.8. The predicted molar refractivity (Wildman–Crippen MR) is 66.8 cm³/mol. The lowest BCUT2D eigenvalue weighted by atomic mass is 9.82. The summed E-state index contributed by atoms with van der Waals surface area (Å²) in [6, 6.07) is 0. The summed E-state index contributed by atoms with van der Waals surface area (Å²) in [5.41, 5.74) is 0.432. The maximum absolute atomic E-state index is 5.39. The molecule has 0 aromatic carbocycles. The van der Waals surface area contributed by atoms with E-state index in [-0.39, 0.29) is 0 Å². The van der Waals surface area contributed by atoms with Gasteiger partial charge in [0.25, 0.3) is 0 Å². The first-order valence-corrected chi connectivity index (χ1v) is 6.83. The Morgan fingerprint density at radius 1 is 1.50 bits per heavy atom. The molecule has 2 rings (SSSR count). The second kappa shape index (κ2) is 5.75. The maximum atomic E-state index is 5.39. The molecule has 0 bridgehead atoms. The van der Waals surface area contributed by atoms with Gasteiger partial charge in [0.2, 0.25) is 0 Å². The minimum atomic E-state index is 0.432. The van der Waals surface area contributed by atoms with Crippen molar-refractivity contribution in [1.29, 1.82) is 0 Å². The van der Waals surface area contributed by atoms with E-state index in [1.165, 1.54) is 17.8 Å². The second-order valence-corrected chi connectivity index (χ2v) is 5.75. The Balaban J connectivity index is 1.63.